The van der Waals surface area contributed by atoms with E-state index in [2.05, 4.69) is 4.98 Å². The van der Waals surface area contributed by atoms with E-state index in [0.29, 0.717) is 29.5 Å². The van der Waals surface area contributed by atoms with Crippen LogP contribution in [0.15, 0.2) is 36.4 Å². The third-order valence-electron chi connectivity index (χ3n) is 4.49. The van der Waals surface area contributed by atoms with Crippen LogP contribution < -0.4 is 9.64 Å². The molecule has 11 nitrogen and oxygen atoms in total. The Morgan fingerprint density at radius 1 is 1.09 bits per heavy atom. The molecule has 13 heteroatoms. The molecule has 176 valence electrons. The number of non-ortho nitro benzene ring substituents is 2. The van der Waals surface area contributed by atoms with E-state index in [0.717, 1.165) is 22.9 Å². The molecule has 0 atom stereocenters. The van der Waals surface area contributed by atoms with Gasteiger partial charge in [0.1, 0.15) is 11.3 Å². The lowest BCUT2D eigenvalue weighted by molar-refractivity contribution is -0.394. The molecule has 0 radical (unpaired) electrons. The summed E-state index contributed by atoms with van der Waals surface area (Å²) >= 11 is 1.27. The quantitative estimate of drug-likeness (QED) is 0.319. The average Bonchev–Trinajstić information content (AvgIpc) is 3.18. The number of likely N-dealkylation sites (N-methyl/N-ethyl adjacent to an activating group) is 1. The fourth-order valence-corrected chi connectivity index (χ4v) is 3.98. The SMILES string of the molecule is CCOc1cccc2sc(N(CCN(C)C)C(=O)c3cc([N+](=O)[O-])cc([N+](=O)[O-])c3)nc12.Cl. The number of fused-ring (bicyclic) bond motifs is 1. The highest BCUT2D eigenvalue weighted by Gasteiger charge is 2.26. The number of nitro groups is 2. The Morgan fingerprint density at radius 2 is 1.73 bits per heavy atom. The minimum atomic E-state index is -0.764. The molecular formula is C20H22ClN5O6S. The second kappa shape index (κ2) is 11.0. The number of aromatic nitrogens is 1. The number of amides is 1. The van der Waals surface area contributed by atoms with Crippen molar-refractivity contribution in [1.29, 1.82) is 0 Å². The van der Waals surface area contributed by atoms with Crippen LogP contribution in [0.2, 0.25) is 0 Å². The maximum atomic E-state index is 13.4. The third-order valence-corrected chi connectivity index (χ3v) is 5.53. The summed E-state index contributed by atoms with van der Waals surface area (Å²) in [7, 11) is 3.68. The van der Waals surface area contributed by atoms with Gasteiger partial charge in [0.25, 0.3) is 17.3 Å². The topological polar surface area (TPSA) is 132 Å². The molecule has 0 unspecified atom stereocenters. The summed E-state index contributed by atoms with van der Waals surface area (Å²) in [6, 6.07) is 8.36. The van der Waals surface area contributed by atoms with Gasteiger partial charge < -0.3 is 9.64 Å². The zero-order valence-electron chi connectivity index (χ0n) is 18.1. The van der Waals surface area contributed by atoms with E-state index < -0.39 is 27.1 Å². The van der Waals surface area contributed by atoms with Gasteiger partial charge in [-0.15, -0.1) is 12.4 Å². The molecule has 3 aromatic rings. The molecule has 0 aliphatic heterocycles. The Kier molecular flexibility index (Phi) is 8.63. The van der Waals surface area contributed by atoms with Gasteiger partial charge in [-0.25, -0.2) is 4.98 Å². The van der Waals surface area contributed by atoms with E-state index in [-0.39, 0.29) is 24.5 Å². The smallest absolute Gasteiger partial charge is 0.277 e. The number of thiazole rings is 1. The summed E-state index contributed by atoms with van der Waals surface area (Å²) in [5, 5.41) is 22.9. The highest BCUT2D eigenvalue weighted by Crippen LogP contribution is 2.35. The number of hydrogen-bond acceptors (Lipinski definition) is 9. The van der Waals surface area contributed by atoms with Crippen molar-refractivity contribution in [2.75, 3.05) is 38.7 Å². The van der Waals surface area contributed by atoms with E-state index in [4.69, 9.17) is 4.74 Å². The Labute approximate surface area is 199 Å². The summed E-state index contributed by atoms with van der Waals surface area (Å²) in [5.41, 5.74) is -0.618. The van der Waals surface area contributed by atoms with Crippen LogP contribution >= 0.6 is 23.7 Å². The summed E-state index contributed by atoms with van der Waals surface area (Å²) < 4.78 is 6.43. The minimum absolute atomic E-state index is 0. The molecule has 0 fully saturated rings. The van der Waals surface area contributed by atoms with Crippen LogP contribution in [0.1, 0.15) is 17.3 Å². The molecule has 0 aliphatic rings. The fourth-order valence-electron chi connectivity index (χ4n) is 2.97. The molecule has 0 saturated carbocycles. The standard InChI is InChI=1S/C20H21N5O6S.ClH/c1-4-31-16-6-5-7-17-18(16)21-20(32-17)23(9-8-22(2)3)19(26)13-10-14(24(27)28)12-15(11-13)25(29)30;/h5-7,10-12H,4,8-9H2,1-3H3;1H. The Bertz CT molecular complexity index is 1150. The van der Waals surface area contributed by atoms with Crippen molar-refractivity contribution in [1.82, 2.24) is 9.88 Å². The lowest BCUT2D eigenvalue weighted by Crippen LogP contribution is -2.36. The molecular weight excluding hydrogens is 474 g/mol. The molecule has 1 amide bonds. The van der Waals surface area contributed by atoms with Crippen LogP contribution in [-0.4, -0.2) is 59.4 Å². The van der Waals surface area contributed by atoms with Gasteiger partial charge in [0.05, 0.1) is 32.8 Å². The van der Waals surface area contributed by atoms with E-state index in [9.17, 15) is 25.0 Å². The van der Waals surface area contributed by atoms with Crippen molar-refractivity contribution in [2.45, 2.75) is 6.92 Å². The first-order valence-electron chi connectivity index (χ1n) is 9.64. The lowest BCUT2D eigenvalue weighted by Gasteiger charge is -2.22. The number of nitro benzene ring substituents is 2. The van der Waals surface area contributed by atoms with E-state index >= 15 is 0 Å². The molecule has 2 aromatic carbocycles. The third kappa shape index (κ3) is 5.92. The predicted molar refractivity (Wildman–Crippen MR) is 128 cm³/mol. The normalized spacial score (nSPS) is 10.7. The number of ether oxygens (including phenoxy) is 1. The number of halogens is 1. The largest absolute Gasteiger partial charge is 0.492 e. The van der Waals surface area contributed by atoms with E-state index in [1.807, 2.05) is 38.1 Å². The molecule has 0 N–H and O–H groups in total. The number of para-hydroxylation sites is 1. The lowest BCUT2D eigenvalue weighted by atomic mass is 10.1. The van der Waals surface area contributed by atoms with Crippen LogP contribution in [0.3, 0.4) is 0 Å². The second-order valence-corrected chi connectivity index (χ2v) is 8.05. The van der Waals surface area contributed by atoms with Crippen molar-refractivity contribution in [2.24, 2.45) is 0 Å². The Balaban J connectivity index is 0.00000385. The van der Waals surface area contributed by atoms with Crippen LogP contribution in [0.5, 0.6) is 5.75 Å². The molecule has 0 spiro atoms. The second-order valence-electron chi connectivity index (χ2n) is 7.04. The summed E-state index contributed by atoms with van der Waals surface area (Å²) in [5.74, 6) is -0.0332. The number of nitrogens with zero attached hydrogens (tertiary/aromatic N) is 5. The van der Waals surface area contributed by atoms with Crippen LogP contribution in [0.25, 0.3) is 10.2 Å². The fraction of sp³-hybridized carbons (Fsp3) is 0.300. The number of carbonyl (C=O) groups is 1. The van der Waals surface area contributed by atoms with E-state index in [1.54, 1.807) is 6.07 Å². The molecule has 1 heterocycles. The number of carbonyl (C=O) groups excluding carboxylic acids is 1. The highest BCUT2D eigenvalue weighted by atomic mass is 35.5. The van der Waals surface area contributed by atoms with Gasteiger partial charge in [0.2, 0.25) is 0 Å². The predicted octanol–water partition coefficient (Wildman–Crippen LogP) is 4.14. The molecule has 33 heavy (non-hydrogen) atoms. The van der Waals surface area contributed by atoms with Crippen molar-refractivity contribution < 1.29 is 19.4 Å². The molecule has 0 bridgehead atoms. The van der Waals surface area contributed by atoms with Crippen molar-refractivity contribution in [3.8, 4) is 5.75 Å². The van der Waals surface area contributed by atoms with Gasteiger partial charge in [-0.3, -0.25) is 29.9 Å². The highest BCUT2D eigenvalue weighted by molar-refractivity contribution is 7.22. The first-order valence-corrected chi connectivity index (χ1v) is 10.5. The minimum Gasteiger partial charge on any atom is -0.492 e. The molecule has 1 aromatic heterocycles. The maximum absolute atomic E-state index is 13.4. The van der Waals surface area contributed by atoms with Crippen molar-refractivity contribution in [3.63, 3.8) is 0 Å². The van der Waals surface area contributed by atoms with Gasteiger partial charge in [0.15, 0.2) is 5.13 Å². The monoisotopic (exact) mass is 495 g/mol. The summed E-state index contributed by atoms with van der Waals surface area (Å²) in [6.07, 6.45) is 0. The zero-order valence-corrected chi connectivity index (χ0v) is 19.7. The van der Waals surface area contributed by atoms with Gasteiger partial charge in [-0.2, -0.15) is 0 Å². The van der Waals surface area contributed by atoms with Crippen LogP contribution in [0.4, 0.5) is 16.5 Å². The van der Waals surface area contributed by atoms with Gasteiger partial charge in [0, 0.05) is 25.2 Å². The van der Waals surface area contributed by atoms with Crippen molar-refractivity contribution in [3.05, 3.63) is 62.2 Å². The molecule has 0 saturated heterocycles. The summed E-state index contributed by atoms with van der Waals surface area (Å²) in [6.45, 7) is 3.02. The number of anilines is 1. The molecule has 3 rings (SSSR count). The number of benzene rings is 2. The maximum Gasteiger partial charge on any atom is 0.277 e. The van der Waals surface area contributed by atoms with Crippen LogP contribution in [0, 0.1) is 20.2 Å². The summed E-state index contributed by atoms with van der Waals surface area (Å²) in [4.78, 5) is 42.2. The number of hydrogen-bond donors (Lipinski definition) is 0. The zero-order chi connectivity index (χ0) is 23.4. The Hall–Kier alpha value is -3.35. The van der Waals surface area contributed by atoms with Gasteiger partial charge in [-0.05, 0) is 33.2 Å². The number of rotatable bonds is 9. The average molecular weight is 496 g/mol. The van der Waals surface area contributed by atoms with Crippen LogP contribution in [-0.2, 0) is 0 Å². The van der Waals surface area contributed by atoms with Gasteiger partial charge >= 0.3 is 0 Å². The van der Waals surface area contributed by atoms with E-state index in [1.165, 1.54) is 16.2 Å². The first-order chi connectivity index (χ1) is 15.2. The first kappa shape index (κ1) is 25.9. The van der Waals surface area contributed by atoms with Crippen molar-refractivity contribution >= 4 is 56.4 Å². The molecule has 0 aliphatic carbocycles. The Morgan fingerprint density at radius 3 is 2.27 bits per heavy atom. The van der Waals surface area contributed by atoms with Gasteiger partial charge in [-0.1, -0.05) is 17.4 Å².